The Hall–Kier alpha value is -2.10. The van der Waals surface area contributed by atoms with Gasteiger partial charge in [0.2, 0.25) is 0 Å². The van der Waals surface area contributed by atoms with E-state index in [1.54, 1.807) is 0 Å². The average Bonchev–Trinajstić information content (AvgIpc) is 2.53. The standard InChI is InChI=1S/C17H23N3O/c1-4-11-18-16-12-14(17(21)20(5-2)6-3)13-9-7-8-10-15(13)19-16/h7-10,12H,4-6,11H2,1-3H3,(H,18,19). The minimum absolute atomic E-state index is 0.0677. The largest absolute Gasteiger partial charge is 0.370 e. The Kier molecular flexibility index (Phi) is 5.14. The van der Waals surface area contributed by atoms with Crippen molar-refractivity contribution in [3.63, 3.8) is 0 Å². The zero-order chi connectivity index (χ0) is 15.2. The van der Waals surface area contributed by atoms with E-state index in [-0.39, 0.29) is 5.91 Å². The molecule has 0 fully saturated rings. The lowest BCUT2D eigenvalue weighted by molar-refractivity contribution is 0.0775. The van der Waals surface area contributed by atoms with Crippen LogP contribution in [-0.2, 0) is 0 Å². The molecule has 112 valence electrons. The molecule has 4 heteroatoms. The van der Waals surface area contributed by atoms with Crippen molar-refractivity contribution in [1.82, 2.24) is 9.88 Å². The number of pyridine rings is 1. The summed E-state index contributed by atoms with van der Waals surface area (Å²) in [5, 5.41) is 4.19. The Morgan fingerprint density at radius 2 is 1.90 bits per heavy atom. The van der Waals surface area contributed by atoms with Crippen LogP contribution in [-0.4, -0.2) is 35.4 Å². The van der Waals surface area contributed by atoms with Crippen LogP contribution in [0.2, 0.25) is 0 Å². The number of benzene rings is 1. The van der Waals surface area contributed by atoms with Gasteiger partial charge in [0, 0.05) is 25.0 Å². The molecule has 2 aromatic rings. The Morgan fingerprint density at radius 3 is 2.57 bits per heavy atom. The van der Waals surface area contributed by atoms with Crippen LogP contribution in [0.15, 0.2) is 30.3 Å². The van der Waals surface area contributed by atoms with Crippen LogP contribution in [0.1, 0.15) is 37.6 Å². The van der Waals surface area contributed by atoms with Crippen LogP contribution < -0.4 is 5.32 Å². The van der Waals surface area contributed by atoms with Crippen molar-refractivity contribution in [1.29, 1.82) is 0 Å². The number of amides is 1. The van der Waals surface area contributed by atoms with Crippen LogP contribution in [0.4, 0.5) is 5.82 Å². The molecule has 21 heavy (non-hydrogen) atoms. The highest BCUT2D eigenvalue weighted by molar-refractivity contribution is 6.06. The lowest BCUT2D eigenvalue weighted by Crippen LogP contribution is -2.30. The number of fused-ring (bicyclic) bond motifs is 1. The van der Waals surface area contributed by atoms with E-state index in [2.05, 4.69) is 17.2 Å². The number of nitrogens with one attached hydrogen (secondary N) is 1. The number of carbonyl (C=O) groups excluding carboxylic acids is 1. The Labute approximate surface area is 126 Å². The quantitative estimate of drug-likeness (QED) is 0.883. The average molecular weight is 285 g/mol. The molecule has 0 spiro atoms. The van der Waals surface area contributed by atoms with Gasteiger partial charge in [0.1, 0.15) is 5.82 Å². The normalized spacial score (nSPS) is 10.6. The van der Waals surface area contributed by atoms with E-state index in [1.807, 2.05) is 49.1 Å². The SMILES string of the molecule is CCCNc1cc(C(=O)N(CC)CC)c2ccccc2n1. The Bertz CT molecular complexity index is 620. The molecule has 0 saturated carbocycles. The summed E-state index contributed by atoms with van der Waals surface area (Å²) >= 11 is 0. The molecule has 1 aromatic carbocycles. The van der Waals surface area contributed by atoms with Crippen molar-refractivity contribution in [2.75, 3.05) is 25.0 Å². The molecular weight excluding hydrogens is 262 g/mol. The first-order chi connectivity index (χ1) is 10.2. The highest BCUT2D eigenvalue weighted by Gasteiger charge is 2.17. The van der Waals surface area contributed by atoms with Gasteiger partial charge >= 0.3 is 0 Å². The summed E-state index contributed by atoms with van der Waals surface area (Å²) in [6.07, 6.45) is 1.02. The van der Waals surface area contributed by atoms with Gasteiger partial charge in [-0.25, -0.2) is 4.98 Å². The van der Waals surface area contributed by atoms with Crippen molar-refractivity contribution in [2.45, 2.75) is 27.2 Å². The molecule has 0 aliphatic carbocycles. The first kappa shape index (κ1) is 15.3. The van der Waals surface area contributed by atoms with Gasteiger partial charge in [0.05, 0.1) is 11.1 Å². The van der Waals surface area contributed by atoms with Gasteiger partial charge in [-0.05, 0) is 32.4 Å². The number of nitrogens with zero attached hydrogens (tertiary/aromatic N) is 2. The molecule has 1 aromatic heterocycles. The topological polar surface area (TPSA) is 45.2 Å². The molecule has 0 aliphatic rings. The van der Waals surface area contributed by atoms with E-state index in [1.165, 1.54) is 0 Å². The van der Waals surface area contributed by atoms with Gasteiger partial charge in [-0.3, -0.25) is 4.79 Å². The summed E-state index contributed by atoms with van der Waals surface area (Å²) in [6, 6.07) is 9.68. The molecular formula is C17H23N3O. The van der Waals surface area contributed by atoms with Crippen molar-refractivity contribution in [3.05, 3.63) is 35.9 Å². The zero-order valence-electron chi connectivity index (χ0n) is 13.0. The maximum absolute atomic E-state index is 12.7. The molecule has 0 unspecified atom stereocenters. The third kappa shape index (κ3) is 3.32. The summed E-state index contributed by atoms with van der Waals surface area (Å²) in [6.45, 7) is 8.38. The van der Waals surface area contributed by atoms with Crippen LogP contribution in [0.3, 0.4) is 0 Å². The lowest BCUT2D eigenvalue weighted by Gasteiger charge is -2.20. The predicted molar refractivity (Wildman–Crippen MR) is 87.8 cm³/mol. The van der Waals surface area contributed by atoms with E-state index in [0.29, 0.717) is 13.1 Å². The molecule has 1 amide bonds. The van der Waals surface area contributed by atoms with Crippen molar-refractivity contribution in [2.24, 2.45) is 0 Å². The molecule has 0 aliphatic heterocycles. The van der Waals surface area contributed by atoms with E-state index in [0.717, 1.165) is 35.2 Å². The summed E-state index contributed by atoms with van der Waals surface area (Å²) in [7, 11) is 0. The molecule has 1 heterocycles. The number of hydrogen-bond acceptors (Lipinski definition) is 3. The molecule has 0 radical (unpaired) electrons. The van der Waals surface area contributed by atoms with Gasteiger partial charge in [0.15, 0.2) is 0 Å². The second-order valence-corrected chi connectivity index (χ2v) is 4.98. The predicted octanol–water partition coefficient (Wildman–Crippen LogP) is 3.54. The second-order valence-electron chi connectivity index (χ2n) is 4.98. The number of hydrogen-bond donors (Lipinski definition) is 1. The van der Waals surface area contributed by atoms with Gasteiger partial charge in [0.25, 0.3) is 5.91 Å². The van der Waals surface area contributed by atoms with Crippen LogP contribution in [0, 0.1) is 0 Å². The highest BCUT2D eigenvalue weighted by Crippen LogP contribution is 2.22. The van der Waals surface area contributed by atoms with Gasteiger partial charge in [-0.1, -0.05) is 25.1 Å². The highest BCUT2D eigenvalue weighted by atomic mass is 16.2. The van der Waals surface area contributed by atoms with Crippen LogP contribution in [0.5, 0.6) is 0 Å². The van der Waals surface area contributed by atoms with Crippen LogP contribution >= 0.6 is 0 Å². The Morgan fingerprint density at radius 1 is 1.19 bits per heavy atom. The van der Waals surface area contributed by atoms with E-state index in [4.69, 9.17) is 0 Å². The Balaban J connectivity index is 2.51. The third-order valence-electron chi connectivity index (χ3n) is 3.55. The molecule has 2 rings (SSSR count). The number of anilines is 1. The third-order valence-corrected chi connectivity index (χ3v) is 3.55. The number of carbonyl (C=O) groups is 1. The molecule has 0 bridgehead atoms. The lowest BCUT2D eigenvalue weighted by atomic mass is 10.1. The molecule has 4 nitrogen and oxygen atoms in total. The summed E-state index contributed by atoms with van der Waals surface area (Å²) in [4.78, 5) is 19.1. The smallest absolute Gasteiger partial charge is 0.254 e. The monoisotopic (exact) mass is 285 g/mol. The molecule has 1 N–H and O–H groups in total. The minimum atomic E-state index is 0.0677. The number of rotatable bonds is 6. The maximum Gasteiger partial charge on any atom is 0.254 e. The first-order valence-electron chi connectivity index (χ1n) is 7.64. The maximum atomic E-state index is 12.7. The zero-order valence-corrected chi connectivity index (χ0v) is 13.0. The fraction of sp³-hybridized carbons (Fsp3) is 0.412. The van der Waals surface area contributed by atoms with Gasteiger partial charge < -0.3 is 10.2 Å². The van der Waals surface area contributed by atoms with Gasteiger partial charge in [-0.2, -0.15) is 0 Å². The van der Waals surface area contributed by atoms with E-state index >= 15 is 0 Å². The fourth-order valence-corrected chi connectivity index (χ4v) is 2.38. The van der Waals surface area contributed by atoms with Crippen molar-refractivity contribution < 1.29 is 4.79 Å². The number of aromatic nitrogens is 1. The summed E-state index contributed by atoms with van der Waals surface area (Å²) in [5.41, 5.74) is 1.58. The molecule has 0 atom stereocenters. The second kappa shape index (κ2) is 7.07. The van der Waals surface area contributed by atoms with Crippen LogP contribution in [0.25, 0.3) is 10.9 Å². The minimum Gasteiger partial charge on any atom is -0.370 e. The number of para-hydroxylation sites is 1. The summed E-state index contributed by atoms with van der Waals surface area (Å²) < 4.78 is 0. The summed E-state index contributed by atoms with van der Waals surface area (Å²) in [5.74, 6) is 0.837. The van der Waals surface area contributed by atoms with Gasteiger partial charge in [-0.15, -0.1) is 0 Å². The first-order valence-corrected chi connectivity index (χ1v) is 7.64. The van der Waals surface area contributed by atoms with Crippen molar-refractivity contribution >= 4 is 22.6 Å². The van der Waals surface area contributed by atoms with E-state index in [9.17, 15) is 4.79 Å². The van der Waals surface area contributed by atoms with Crippen molar-refractivity contribution in [3.8, 4) is 0 Å². The van der Waals surface area contributed by atoms with E-state index < -0.39 is 0 Å². The fourth-order valence-electron chi connectivity index (χ4n) is 2.38. The molecule has 0 saturated heterocycles.